The summed E-state index contributed by atoms with van der Waals surface area (Å²) in [5, 5.41) is 50.6. The van der Waals surface area contributed by atoms with E-state index in [1.54, 1.807) is 0 Å². The summed E-state index contributed by atoms with van der Waals surface area (Å²) in [5.74, 6) is -7.65. The highest BCUT2D eigenvalue weighted by molar-refractivity contribution is 7.53. The number of rotatable bonds is 16. The molecule has 9 N–H and O–H groups in total. The number of ether oxygens (including phenoxy) is 9. The molecule has 64 heavy (non-hydrogen) atoms. The molecule has 356 valence electrons. The predicted molar refractivity (Wildman–Crippen MR) is 206 cm³/mol. The second kappa shape index (κ2) is 19.8. The zero-order valence-corrected chi connectivity index (χ0v) is 36.4. The highest BCUT2D eigenvalue weighted by Gasteiger charge is 2.48. The molecular weight excluding hydrogens is 910 g/mol. The molecule has 2 saturated heterocycles. The normalized spacial score (nSPS) is 24.8. The molecule has 0 spiro atoms. The minimum absolute atomic E-state index is 0.0409. The molecule has 4 aromatic heterocycles. The molecule has 0 radical (unpaired) electrons. The molecule has 2 unspecified atom stereocenters. The Bertz CT molecular complexity index is 2390. The van der Waals surface area contributed by atoms with Crippen molar-refractivity contribution in [3.05, 3.63) is 12.7 Å². The summed E-state index contributed by atoms with van der Waals surface area (Å²) in [6, 6.07) is -0.0965. The van der Waals surface area contributed by atoms with Gasteiger partial charge in [0.25, 0.3) is 11.7 Å². The smallest absolute Gasteiger partial charge is 0.365 e. The van der Waals surface area contributed by atoms with Gasteiger partial charge < -0.3 is 87.7 Å². The lowest BCUT2D eigenvalue weighted by molar-refractivity contribution is -0.166. The average Bonchev–Trinajstić information content (AvgIpc) is 3.97. The molecule has 0 saturated carbocycles. The van der Waals surface area contributed by atoms with Crippen LogP contribution in [0.2, 0.25) is 0 Å². The van der Waals surface area contributed by atoms with Crippen molar-refractivity contribution < 1.29 is 106 Å². The number of hydrogen-bond acceptors (Lipinski definition) is 23. The number of aliphatic carboxylic acids is 1. The Morgan fingerprint density at radius 2 is 1.06 bits per heavy atom. The van der Waals surface area contributed by atoms with Gasteiger partial charge >= 0.3 is 39.2 Å². The fourth-order valence-corrected chi connectivity index (χ4v) is 7.29. The molecule has 0 amide bonds. The molecule has 0 aromatic carbocycles. The monoisotopic (exact) mass is 956 g/mol. The predicted octanol–water partition coefficient (Wildman–Crippen LogP) is -2.61. The maximum Gasteiger partial charge on any atom is 0.365 e. The minimum atomic E-state index is -5.12. The second-order valence-corrected chi connectivity index (χ2v) is 17.9. The van der Waals surface area contributed by atoms with Crippen LogP contribution in [0.5, 0.6) is 23.8 Å². The zero-order chi connectivity index (χ0) is 47.6. The fourth-order valence-electron chi connectivity index (χ4n) is 6.12. The van der Waals surface area contributed by atoms with Crippen molar-refractivity contribution in [2.75, 3.05) is 41.7 Å². The highest BCUT2D eigenvalue weighted by atomic mass is 31.2. The van der Waals surface area contributed by atoms with Crippen LogP contribution in [0.3, 0.4) is 0 Å². The van der Waals surface area contributed by atoms with E-state index >= 15 is 0 Å². The van der Waals surface area contributed by atoms with E-state index in [0.29, 0.717) is 0 Å². The maximum absolute atomic E-state index is 12.2. The van der Waals surface area contributed by atoms with Gasteiger partial charge in [0.15, 0.2) is 34.8 Å². The third kappa shape index (κ3) is 11.0. The molecule has 0 bridgehead atoms. The van der Waals surface area contributed by atoms with Crippen LogP contribution in [0, 0.1) is 0 Å². The SMILES string of the molecule is COc1nc(OC)c2ncn([C@@H]3O[C@H](COC(C(=O)O)P(=O)(O)O)[C@@H](O)[C@H]3O)c2n1.COc1nc(OC)c2ncn([C@@H]3O[C@H](COC(C(=O)OC(C)(C)C)P(=O)(O)O)[C@@H](O)[C@H]3O)c2n1. The first-order valence-corrected chi connectivity index (χ1v) is 21.7. The number of carboxylic acid groups (broad SMARTS) is 1. The number of carboxylic acids is 1. The molecule has 30 nitrogen and oxygen atoms in total. The van der Waals surface area contributed by atoms with Crippen LogP contribution in [0.1, 0.15) is 33.2 Å². The van der Waals surface area contributed by atoms with E-state index in [1.165, 1.54) is 71.0 Å². The Balaban J connectivity index is 0.000000243. The molecule has 6 heterocycles. The Morgan fingerprint density at radius 3 is 1.39 bits per heavy atom. The molecule has 2 fully saturated rings. The zero-order valence-electron chi connectivity index (χ0n) is 34.6. The van der Waals surface area contributed by atoms with E-state index in [-0.39, 0.29) is 46.1 Å². The van der Waals surface area contributed by atoms with Crippen molar-refractivity contribution in [3.63, 3.8) is 0 Å². The maximum atomic E-state index is 12.2. The number of hydrogen-bond donors (Lipinski definition) is 9. The van der Waals surface area contributed by atoms with Gasteiger partial charge in [0.05, 0.1) is 54.3 Å². The van der Waals surface area contributed by atoms with E-state index in [4.69, 9.17) is 57.5 Å². The summed E-state index contributed by atoms with van der Waals surface area (Å²) in [5.41, 5.74) is -0.251. The van der Waals surface area contributed by atoms with Gasteiger partial charge in [-0.05, 0) is 20.8 Å². The van der Waals surface area contributed by atoms with Gasteiger partial charge in [-0.25, -0.2) is 19.6 Å². The van der Waals surface area contributed by atoms with Crippen LogP contribution in [0.25, 0.3) is 22.3 Å². The number of aliphatic hydroxyl groups is 4. The molecule has 2 aliphatic rings. The van der Waals surface area contributed by atoms with Gasteiger partial charge in [0.1, 0.15) is 42.2 Å². The number of nitrogens with zero attached hydrogens (tertiary/aromatic N) is 8. The summed E-state index contributed by atoms with van der Waals surface area (Å²) in [6.45, 7) is 3.21. The Labute approximate surface area is 359 Å². The average molecular weight is 957 g/mol. The standard InChI is InChI=1S/C18H27N4O11P.C14H19N4O11P/c1-18(2,3)33-15(25)16(34(26,27)28)31-6-8-10(23)11(24)14(32-8)22-7-19-9-12(22)20-17(30-5)21-13(9)29-4;1-26-10-6-9(16-14(17-10)27-2)18(4-15-6)11-8(20)7(19)5(29-11)3-28-13(12(21)22)30(23,24)25/h7-8,10-11,14,16,23-24H,6H2,1-5H3,(H2,26,27,28);4-5,7-8,11,13,19-20H,3H2,1-2H3,(H,21,22)(H2,23,24,25)/t8-,10-,11-,14-,16?;5-,7-,8-,11-,13?/m11/s1. The number of methoxy groups -OCH3 is 4. The fraction of sp³-hybridized carbons (Fsp3) is 0.625. The van der Waals surface area contributed by atoms with Crippen LogP contribution in [-0.4, -0.2) is 192 Å². The van der Waals surface area contributed by atoms with E-state index in [9.17, 15) is 48.9 Å². The number of fused-ring (bicyclic) bond motifs is 2. The molecule has 32 heteroatoms. The summed E-state index contributed by atoms with van der Waals surface area (Å²) >= 11 is 0. The van der Waals surface area contributed by atoms with Gasteiger partial charge in [-0.3, -0.25) is 18.3 Å². The minimum Gasteiger partial charge on any atom is -0.479 e. The van der Waals surface area contributed by atoms with Gasteiger partial charge in [-0.2, -0.15) is 19.9 Å². The number of esters is 1. The van der Waals surface area contributed by atoms with Gasteiger partial charge in [-0.15, -0.1) is 0 Å². The number of aromatic nitrogens is 8. The van der Waals surface area contributed by atoms with Gasteiger partial charge in [0, 0.05) is 0 Å². The Morgan fingerprint density at radius 1 is 0.672 bits per heavy atom. The van der Waals surface area contributed by atoms with Gasteiger partial charge in [-0.1, -0.05) is 0 Å². The van der Waals surface area contributed by atoms with E-state index in [2.05, 4.69) is 29.9 Å². The topological polar surface area (TPSA) is 421 Å². The van der Waals surface area contributed by atoms with Crippen molar-refractivity contribution in [3.8, 4) is 23.8 Å². The first kappa shape index (κ1) is 50.2. The van der Waals surface area contributed by atoms with Crippen LogP contribution in [0.15, 0.2) is 12.7 Å². The lowest BCUT2D eigenvalue weighted by Gasteiger charge is -2.25. The molecule has 4 aromatic rings. The molecular formula is C32H46N8O22P2. The molecule has 2 aliphatic heterocycles. The van der Waals surface area contributed by atoms with Crippen molar-refractivity contribution >= 4 is 49.5 Å². The largest absolute Gasteiger partial charge is 0.479 e. The summed E-state index contributed by atoms with van der Waals surface area (Å²) < 4.78 is 72.0. The third-order valence-electron chi connectivity index (χ3n) is 8.98. The van der Waals surface area contributed by atoms with E-state index in [0.717, 1.165) is 0 Å². The Kier molecular flexibility index (Phi) is 15.5. The van der Waals surface area contributed by atoms with Crippen molar-refractivity contribution in [2.24, 2.45) is 0 Å². The van der Waals surface area contributed by atoms with Crippen molar-refractivity contribution in [1.82, 2.24) is 39.0 Å². The van der Waals surface area contributed by atoms with Crippen LogP contribution in [-0.2, 0) is 42.4 Å². The van der Waals surface area contributed by atoms with E-state index in [1.807, 2.05) is 0 Å². The number of carbonyl (C=O) groups excluding carboxylic acids is 1. The van der Waals surface area contributed by atoms with Gasteiger partial charge in [0.2, 0.25) is 11.8 Å². The summed E-state index contributed by atoms with van der Waals surface area (Å²) in [7, 11) is -4.78. The van der Waals surface area contributed by atoms with Crippen LogP contribution in [0.4, 0.5) is 0 Å². The lowest BCUT2D eigenvalue weighted by Crippen LogP contribution is -2.38. The van der Waals surface area contributed by atoms with Crippen LogP contribution < -0.4 is 18.9 Å². The first-order chi connectivity index (χ1) is 29.8. The second-order valence-electron chi connectivity index (χ2n) is 14.6. The van der Waals surface area contributed by atoms with Crippen molar-refractivity contribution in [1.29, 1.82) is 0 Å². The summed E-state index contributed by atoms with van der Waals surface area (Å²) in [6.07, 6.45) is -8.62. The lowest BCUT2D eigenvalue weighted by atomic mass is 10.1. The molecule has 0 aliphatic carbocycles. The van der Waals surface area contributed by atoms with Crippen molar-refractivity contribution in [2.45, 2.75) is 87.1 Å². The number of aliphatic hydroxyl groups excluding tert-OH is 4. The summed E-state index contributed by atoms with van der Waals surface area (Å²) in [4.78, 5) is 85.0. The van der Waals surface area contributed by atoms with E-state index < -0.39 is 107 Å². The van der Waals surface area contributed by atoms with Crippen LogP contribution >= 0.6 is 15.2 Å². The molecule has 10 atom stereocenters. The number of carbonyl (C=O) groups is 2. The third-order valence-corrected chi connectivity index (χ3v) is 10.9. The quantitative estimate of drug-likeness (QED) is 0.0410. The highest BCUT2D eigenvalue weighted by Crippen LogP contribution is 2.45. The number of imidazole rings is 2. The molecule has 6 rings (SSSR count). The Hall–Kier alpha value is -4.78. The first-order valence-electron chi connectivity index (χ1n) is 18.3.